The van der Waals surface area contributed by atoms with Crippen LogP contribution >= 0.6 is 11.8 Å². The van der Waals surface area contributed by atoms with E-state index in [1.807, 2.05) is 19.9 Å². The molecule has 2 heterocycles. The lowest BCUT2D eigenvalue weighted by atomic mass is 10.4. The summed E-state index contributed by atoms with van der Waals surface area (Å²) in [5.74, 6) is 0.436. The Hall–Kier alpha value is -2.22. The molecule has 0 aliphatic rings. The van der Waals surface area contributed by atoms with Gasteiger partial charge in [0, 0.05) is 24.5 Å². The highest BCUT2D eigenvalue weighted by Crippen LogP contribution is 2.28. The van der Waals surface area contributed by atoms with Crippen LogP contribution in [0, 0.1) is 24.0 Å². The largest absolute Gasteiger partial charge is 0.373 e. The van der Waals surface area contributed by atoms with Crippen LogP contribution in [0.15, 0.2) is 28.4 Å². The molecule has 20 heavy (non-hydrogen) atoms. The zero-order chi connectivity index (χ0) is 14.7. The van der Waals surface area contributed by atoms with Gasteiger partial charge in [0.15, 0.2) is 5.16 Å². The van der Waals surface area contributed by atoms with Crippen molar-refractivity contribution in [3.63, 3.8) is 0 Å². The molecular weight excluding hydrogens is 278 g/mol. The fourth-order valence-electron chi connectivity index (χ4n) is 1.61. The van der Waals surface area contributed by atoms with Crippen LogP contribution in [-0.2, 0) is 0 Å². The second kappa shape index (κ2) is 5.83. The molecule has 0 radical (unpaired) electrons. The van der Waals surface area contributed by atoms with Crippen LogP contribution in [0.4, 0.5) is 11.5 Å². The number of aryl methyl sites for hydroxylation is 2. The van der Waals surface area contributed by atoms with E-state index in [2.05, 4.69) is 20.3 Å². The van der Waals surface area contributed by atoms with E-state index in [4.69, 9.17) is 0 Å². The molecule has 0 saturated heterocycles. The summed E-state index contributed by atoms with van der Waals surface area (Å²) in [5.41, 5.74) is 1.68. The minimum absolute atomic E-state index is 0.0174. The lowest BCUT2D eigenvalue weighted by molar-refractivity contribution is -0.385. The van der Waals surface area contributed by atoms with E-state index in [0.29, 0.717) is 16.0 Å². The van der Waals surface area contributed by atoms with Crippen LogP contribution < -0.4 is 5.32 Å². The summed E-state index contributed by atoms with van der Waals surface area (Å²) in [4.78, 5) is 23.3. The summed E-state index contributed by atoms with van der Waals surface area (Å²) in [5, 5.41) is 14.7. The van der Waals surface area contributed by atoms with Gasteiger partial charge in [-0.05, 0) is 31.7 Å². The minimum atomic E-state index is -0.449. The van der Waals surface area contributed by atoms with Gasteiger partial charge in [-0.3, -0.25) is 10.1 Å². The summed E-state index contributed by atoms with van der Waals surface area (Å²) in [6.07, 6.45) is 0. The monoisotopic (exact) mass is 291 g/mol. The molecule has 0 bridgehead atoms. The smallest absolute Gasteiger partial charge is 0.275 e. The van der Waals surface area contributed by atoms with E-state index in [1.165, 1.54) is 23.9 Å². The first kappa shape index (κ1) is 14.2. The Kier molecular flexibility index (Phi) is 4.14. The molecular formula is C12H13N5O2S. The van der Waals surface area contributed by atoms with Crippen molar-refractivity contribution >= 4 is 23.3 Å². The number of nitrogens with one attached hydrogen (secondary N) is 1. The van der Waals surface area contributed by atoms with Gasteiger partial charge < -0.3 is 5.32 Å². The van der Waals surface area contributed by atoms with Gasteiger partial charge in [-0.1, -0.05) is 0 Å². The van der Waals surface area contributed by atoms with Gasteiger partial charge in [-0.25, -0.2) is 15.0 Å². The van der Waals surface area contributed by atoms with Gasteiger partial charge in [0.05, 0.1) is 11.0 Å². The number of aromatic nitrogens is 3. The van der Waals surface area contributed by atoms with E-state index < -0.39 is 4.92 Å². The summed E-state index contributed by atoms with van der Waals surface area (Å²) >= 11 is 1.20. The highest BCUT2D eigenvalue weighted by Gasteiger charge is 2.13. The molecule has 0 aliphatic carbocycles. The first-order chi connectivity index (χ1) is 9.47. The first-order valence-corrected chi connectivity index (χ1v) is 6.64. The Morgan fingerprint density at radius 2 is 1.80 bits per heavy atom. The molecule has 8 heteroatoms. The maximum atomic E-state index is 10.9. The van der Waals surface area contributed by atoms with Gasteiger partial charge in [0.2, 0.25) is 0 Å². The molecule has 0 saturated carbocycles. The highest BCUT2D eigenvalue weighted by molar-refractivity contribution is 7.99. The Morgan fingerprint density at radius 1 is 1.15 bits per heavy atom. The normalized spacial score (nSPS) is 10.3. The average Bonchev–Trinajstić information content (AvgIpc) is 2.36. The second-order valence-corrected chi connectivity index (χ2v) is 5.08. The van der Waals surface area contributed by atoms with Crippen molar-refractivity contribution in [2.24, 2.45) is 0 Å². The second-order valence-electron chi connectivity index (χ2n) is 4.09. The molecule has 1 N–H and O–H groups in total. The summed E-state index contributed by atoms with van der Waals surface area (Å²) in [6, 6.07) is 4.66. The van der Waals surface area contributed by atoms with Crippen molar-refractivity contribution in [2.75, 3.05) is 12.4 Å². The van der Waals surface area contributed by atoms with Gasteiger partial charge in [-0.2, -0.15) is 0 Å². The Bertz CT molecular complexity index is 642. The van der Waals surface area contributed by atoms with Crippen molar-refractivity contribution in [1.29, 1.82) is 0 Å². The van der Waals surface area contributed by atoms with E-state index in [1.54, 1.807) is 7.05 Å². The van der Waals surface area contributed by atoms with E-state index in [0.717, 1.165) is 11.4 Å². The quantitative estimate of drug-likeness (QED) is 0.525. The number of nitrogens with zero attached hydrogens (tertiary/aromatic N) is 4. The molecule has 0 atom stereocenters. The zero-order valence-corrected chi connectivity index (χ0v) is 12.1. The molecule has 0 unspecified atom stereocenters. The number of rotatable bonds is 4. The van der Waals surface area contributed by atoms with Crippen molar-refractivity contribution < 1.29 is 4.92 Å². The van der Waals surface area contributed by atoms with Gasteiger partial charge in [0.25, 0.3) is 5.69 Å². The molecule has 0 amide bonds. The van der Waals surface area contributed by atoms with Crippen LogP contribution in [0.25, 0.3) is 0 Å². The standard InChI is InChI=1S/C12H13N5O2S/c1-7-4-8(2)15-12(14-7)20-11-6-9(17(18)19)5-10(13-3)16-11/h4-6H,1-3H3,(H,13,16). The summed E-state index contributed by atoms with van der Waals surface area (Å²) < 4.78 is 0. The maximum absolute atomic E-state index is 10.9. The van der Waals surface area contributed by atoms with Crippen LogP contribution in [-0.4, -0.2) is 26.9 Å². The molecule has 0 fully saturated rings. The fraction of sp³-hybridized carbons (Fsp3) is 0.250. The molecule has 0 spiro atoms. The van der Waals surface area contributed by atoms with Gasteiger partial charge >= 0.3 is 0 Å². The molecule has 7 nitrogen and oxygen atoms in total. The van der Waals surface area contributed by atoms with Gasteiger partial charge in [0.1, 0.15) is 10.8 Å². The minimum Gasteiger partial charge on any atom is -0.373 e. The summed E-state index contributed by atoms with van der Waals surface area (Å²) in [7, 11) is 1.66. The predicted octanol–water partition coefficient (Wildman–Crippen LogP) is 2.59. The molecule has 2 rings (SSSR count). The predicted molar refractivity (Wildman–Crippen MR) is 76.1 cm³/mol. The number of hydrogen-bond donors (Lipinski definition) is 1. The highest BCUT2D eigenvalue weighted by atomic mass is 32.2. The van der Waals surface area contributed by atoms with E-state index >= 15 is 0 Å². The topological polar surface area (TPSA) is 93.8 Å². The van der Waals surface area contributed by atoms with Crippen molar-refractivity contribution in [1.82, 2.24) is 15.0 Å². The number of hydrogen-bond acceptors (Lipinski definition) is 7. The average molecular weight is 291 g/mol. The third-order valence-corrected chi connectivity index (χ3v) is 3.19. The summed E-state index contributed by atoms with van der Waals surface area (Å²) in [6.45, 7) is 3.75. The Labute approximate surface area is 120 Å². The lowest BCUT2D eigenvalue weighted by Gasteiger charge is -2.05. The van der Waals surface area contributed by atoms with E-state index in [-0.39, 0.29) is 5.69 Å². The van der Waals surface area contributed by atoms with Crippen molar-refractivity contribution in [3.05, 3.63) is 39.7 Å². The maximum Gasteiger partial charge on any atom is 0.275 e. The van der Waals surface area contributed by atoms with Crippen molar-refractivity contribution in [2.45, 2.75) is 24.0 Å². The third kappa shape index (κ3) is 3.41. The Balaban J connectivity index is 2.37. The molecule has 0 aromatic carbocycles. The van der Waals surface area contributed by atoms with Crippen LogP contribution in [0.5, 0.6) is 0 Å². The van der Waals surface area contributed by atoms with Crippen molar-refractivity contribution in [3.8, 4) is 0 Å². The Morgan fingerprint density at radius 3 is 2.35 bits per heavy atom. The number of anilines is 1. The first-order valence-electron chi connectivity index (χ1n) is 5.82. The fourth-order valence-corrected chi connectivity index (χ4v) is 2.50. The zero-order valence-electron chi connectivity index (χ0n) is 11.2. The molecule has 104 valence electrons. The third-order valence-electron chi connectivity index (χ3n) is 2.41. The van der Waals surface area contributed by atoms with E-state index in [9.17, 15) is 10.1 Å². The van der Waals surface area contributed by atoms with Crippen LogP contribution in [0.3, 0.4) is 0 Å². The SMILES string of the molecule is CNc1cc([N+](=O)[O-])cc(Sc2nc(C)cc(C)n2)n1. The molecule has 0 aliphatic heterocycles. The lowest BCUT2D eigenvalue weighted by Crippen LogP contribution is -1.98. The number of pyridine rings is 1. The van der Waals surface area contributed by atoms with Crippen LogP contribution in [0.2, 0.25) is 0 Å². The molecule has 2 aromatic rings. The number of nitro groups is 1. The van der Waals surface area contributed by atoms with Crippen LogP contribution in [0.1, 0.15) is 11.4 Å². The van der Waals surface area contributed by atoms with Gasteiger partial charge in [-0.15, -0.1) is 0 Å². The molecule has 2 aromatic heterocycles.